The molecule has 18 heavy (non-hydrogen) atoms. The number of hydrogen-bond acceptors (Lipinski definition) is 1. The number of pyridine rings is 1. The standard InChI is InChI=1S/C15H10ClNO/c16-12-5-1-4-11(10-12)15(18)14-8-2-6-13-7-3-9-17(13)14/h1-10H. The summed E-state index contributed by atoms with van der Waals surface area (Å²) in [5.74, 6) is -0.0284. The first-order valence-electron chi connectivity index (χ1n) is 5.62. The average molecular weight is 256 g/mol. The Morgan fingerprint density at radius 1 is 1.00 bits per heavy atom. The number of carbonyl (C=O) groups excluding carboxylic acids is 1. The van der Waals surface area contributed by atoms with Gasteiger partial charge in [-0.1, -0.05) is 29.8 Å². The molecule has 0 amide bonds. The number of benzene rings is 1. The van der Waals surface area contributed by atoms with Crippen LogP contribution in [0.4, 0.5) is 0 Å². The summed E-state index contributed by atoms with van der Waals surface area (Å²) in [6.45, 7) is 0. The lowest BCUT2D eigenvalue weighted by Crippen LogP contribution is -2.06. The van der Waals surface area contributed by atoms with Gasteiger partial charge in [0.1, 0.15) is 0 Å². The molecule has 0 radical (unpaired) electrons. The Labute approximate surface area is 109 Å². The van der Waals surface area contributed by atoms with E-state index in [4.69, 9.17) is 11.6 Å². The van der Waals surface area contributed by atoms with E-state index in [-0.39, 0.29) is 5.78 Å². The highest BCUT2D eigenvalue weighted by Crippen LogP contribution is 2.16. The number of aromatic nitrogens is 1. The minimum absolute atomic E-state index is 0.0284. The molecule has 0 bridgehead atoms. The smallest absolute Gasteiger partial charge is 0.209 e. The van der Waals surface area contributed by atoms with E-state index < -0.39 is 0 Å². The molecule has 0 aliphatic heterocycles. The zero-order chi connectivity index (χ0) is 12.5. The molecular formula is C15H10ClNO. The van der Waals surface area contributed by atoms with E-state index in [1.54, 1.807) is 24.3 Å². The van der Waals surface area contributed by atoms with Gasteiger partial charge < -0.3 is 4.40 Å². The Morgan fingerprint density at radius 2 is 1.78 bits per heavy atom. The molecule has 88 valence electrons. The van der Waals surface area contributed by atoms with Crippen molar-refractivity contribution >= 4 is 22.9 Å². The van der Waals surface area contributed by atoms with Gasteiger partial charge in [-0.15, -0.1) is 0 Å². The normalized spacial score (nSPS) is 10.7. The minimum atomic E-state index is -0.0284. The molecule has 3 heteroatoms. The lowest BCUT2D eigenvalue weighted by Gasteiger charge is -2.05. The fourth-order valence-electron chi connectivity index (χ4n) is 2.03. The summed E-state index contributed by atoms with van der Waals surface area (Å²) in [7, 11) is 0. The monoisotopic (exact) mass is 255 g/mol. The molecule has 2 heterocycles. The summed E-state index contributed by atoms with van der Waals surface area (Å²) in [6, 6.07) is 16.6. The van der Waals surface area contributed by atoms with Crippen molar-refractivity contribution in [3.05, 3.63) is 77.1 Å². The van der Waals surface area contributed by atoms with E-state index >= 15 is 0 Å². The van der Waals surface area contributed by atoms with Crippen LogP contribution in [-0.2, 0) is 0 Å². The van der Waals surface area contributed by atoms with Crippen LogP contribution >= 0.6 is 11.6 Å². The predicted molar refractivity (Wildman–Crippen MR) is 72.3 cm³/mol. The molecule has 0 atom stereocenters. The number of rotatable bonds is 2. The third kappa shape index (κ3) is 1.81. The molecule has 3 rings (SSSR count). The van der Waals surface area contributed by atoms with Gasteiger partial charge >= 0.3 is 0 Å². The van der Waals surface area contributed by atoms with E-state index in [1.165, 1.54) is 0 Å². The first-order valence-corrected chi connectivity index (χ1v) is 6.00. The van der Waals surface area contributed by atoms with Gasteiger partial charge in [0, 0.05) is 22.3 Å². The van der Waals surface area contributed by atoms with Crippen LogP contribution in [0.2, 0.25) is 5.02 Å². The maximum atomic E-state index is 12.4. The number of carbonyl (C=O) groups is 1. The van der Waals surface area contributed by atoms with Crippen molar-refractivity contribution in [3.63, 3.8) is 0 Å². The van der Waals surface area contributed by atoms with Crippen LogP contribution < -0.4 is 0 Å². The zero-order valence-electron chi connectivity index (χ0n) is 9.51. The summed E-state index contributed by atoms with van der Waals surface area (Å²) in [5, 5.41) is 0.570. The molecule has 2 nitrogen and oxygen atoms in total. The maximum absolute atomic E-state index is 12.4. The molecule has 1 aromatic carbocycles. The van der Waals surface area contributed by atoms with Crippen molar-refractivity contribution in [1.82, 2.24) is 4.40 Å². The molecule has 0 aliphatic carbocycles. The van der Waals surface area contributed by atoms with Crippen LogP contribution in [0.15, 0.2) is 60.8 Å². The van der Waals surface area contributed by atoms with Crippen LogP contribution in [0.5, 0.6) is 0 Å². The van der Waals surface area contributed by atoms with Gasteiger partial charge in [0.25, 0.3) is 0 Å². The molecule has 2 aromatic heterocycles. The van der Waals surface area contributed by atoms with Crippen molar-refractivity contribution in [2.24, 2.45) is 0 Å². The highest BCUT2D eigenvalue weighted by molar-refractivity contribution is 6.31. The highest BCUT2D eigenvalue weighted by Gasteiger charge is 2.12. The van der Waals surface area contributed by atoms with Gasteiger partial charge in [0.05, 0.1) is 5.69 Å². The molecule has 0 saturated carbocycles. The quantitative estimate of drug-likeness (QED) is 0.638. The first-order chi connectivity index (χ1) is 8.75. The van der Waals surface area contributed by atoms with Crippen molar-refractivity contribution in [3.8, 4) is 0 Å². The molecule has 0 aliphatic rings. The Balaban J connectivity index is 2.15. The predicted octanol–water partition coefficient (Wildman–Crippen LogP) is 3.82. The third-order valence-electron chi connectivity index (χ3n) is 2.88. The highest BCUT2D eigenvalue weighted by atomic mass is 35.5. The van der Waals surface area contributed by atoms with E-state index in [2.05, 4.69) is 0 Å². The molecule has 0 saturated heterocycles. The van der Waals surface area contributed by atoms with Crippen molar-refractivity contribution in [2.45, 2.75) is 0 Å². The number of halogens is 1. The first kappa shape index (κ1) is 11.1. The molecule has 3 aromatic rings. The topological polar surface area (TPSA) is 21.5 Å². The van der Waals surface area contributed by atoms with Gasteiger partial charge in [-0.25, -0.2) is 0 Å². The minimum Gasteiger partial charge on any atom is -0.314 e. The van der Waals surface area contributed by atoms with Gasteiger partial charge in [-0.2, -0.15) is 0 Å². The van der Waals surface area contributed by atoms with Gasteiger partial charge in [0.2, 0.25) is 5.78 Å². The largest absolute Gasteiger partial charge is 0.314 e. The van der Waals surface area contributed by atoms with Crippen LogP contribution in [-0.4, -0.2) is 10.2 Å². The van der Waals surface area contributed by atoms with Crippen molar-refractivity contribution < 1.29 is 4.79 Å². The zero-order valence-corrected chi connectivity index (χ0v) is 10.3. The Bertz CT molecular complexity index is 730. The Hall–Kier alpha value is -2.06. The number of nitrogens with zero attached hydrogens (tertiary/aromatic N) is 1. The summed E-state index contributed by atoms with van der Waals surface area (Å²) >= 11 is 5.91. The van der Waals surface area contributed by atoms with Crippen LogP contribution in [0, 0.1) is 0 Å². The fourth-order valence-corrected chi connectivity index (χ4v) is 2.22. The average Bonchev–Trinajstić information content (AvgIpc) is 2.86. The van der Waals surface area contributed by atoms with E-state index in [0.717, 1.165) is 5.52 Å². The van der Waals surface area contributed by atoms with E-state index in [1.807, 2.05) is 40.9 Å². The van der Waals surface area contributed by atoms with E-state index in [9.17, 15) is 4.79 Å². The van der Waals surface area contributed by atoms with Crippen molar-refractivity contribution in [2.75, 3.05) is 0 Å². The molecule has 0 N–H and O–H groups in total. The molecular weight excluding hydrogens is 246 g/mol. The van der Waals surface area contributed by atoms with Crippen LogP contribution in [0.3, 0.4) is 0 Å². The summed E-state index contributed by atoms with van der Waals surface area (Å²) in [5.41, 5.74) is 2.24. The second-order valence-corrected chi connectivity index (χ2v) is 4.49. The summed E-state index contributed by atoms with van der Waals surface area (Å²) in [4.78, 5) is 12.4. The van der Waals surface area contributed by atoms with Gasteiger partial charge in [-0.3, -0.25) is 4.79 Å². The third-order valence-corrected chi connectivity index (χ3v) is 3.12. The van der Waals surface area contributed by atoms with Crippen LogP contribution in [0.1, 0.15) is 16.1 Å². The number of fused-ring (bicyclic) bond motifs is 1. The summed E-state index contributed by atoms with van der Waals surface area (Å²) < 4.78 is 1.88. The lowest BCUT2D eigenvalue weighted by molar-refractivity contribution is 0.103. The van der Waals surface area contributed by atoms with E-state index in [0.29, 0.717) is 16.3 Å². The number of ketones is 1. The second kappa shape index (κ2) is 4.31. The molecule has 0 fully saturated rings. The maximum Gasteiger partial charge on any atom is 0.209 e. The Morgan fingerprint density at radius 3 is 2.61 bits per heavy atom. The fraction of sp³-hybridized carbons (Fsp3) is 0. The molecule has 0 unspecified atom stereocenters. The van der Waals surface area contributed by atoms with Gasteiger partial charge in [-0.05, 0) is 36.4 Å². The Kier molecular flexibility index (Phi) is 2.65. The number of hydrogen-bond donors (Lipinski definition) is 0. The SMILES string of the molecule is O=C(c1cccc(Cl)c1)c1cccc2cccn12. The molecule has 0 spiro atoms. The van der Waals surface area contributed by atoms with Crippen molar-refractivity contribution in [1.29, 1.82) is 0 Å². The van der Waals surface area contributed by atoms with Gasteiger partial charge in [0.15, 0.2) is 0 Å². The summed E-state index contributed by atoms with van der Waals surface area (Å²) in [6.07, 6.45) is 1.88. The lowest BCUT2D eigenvalue weighted by atomic mass is 10.1. The van der Waals surface area contributed by atoms with Crippen LogP contribution in [0.25, 0.3) is 5.52 Å². The second-order valence-electron chi connectivity index (χ2n) is 4.05.